The van der Waals surface area contributed by atoms with Gasteiger partial charge in [-0.15, -0.1) is 0 Å². The van der Waals surface area contributed by atoms with Crippen molar-refractivity contribution < 1.29 is 5.11 Å². The summed E-state index contributed by atoms with van der Waals surface area (Å²) in [5.74, 6) is 0.170. The van der Waals surface area contributed by atoms with E-state index in [2.05, 4.69) is 15.0 Å². The largest absolute Gasteiger partial charge is 0.507 e. The summed E-state index contributed by atoms with van der Waals surface area (Å²) in [7, 11) is 0. The SMILES string of the molecule is O=c1[nH]c2cc(-c3ccccc3O)c(-c3ccccc3)nc2[nH]1. The highest BCUT2D eigenvalue weighted by Gasteiger charge is 2.15. The first kappa shape index (κ1) is 13.3. The van der Waals surface area contributed by atoms with E-state index in [4.69, 9.17) is 0 Å². The lowest BCUT2D eigenvalue weighted by molar-refractivity contribution is 0.477. The summed E-state index contributed by atoms with van der Waals surface area (Å²) < 4.78 is 0. The average Bonchev–Trinajstić information content (AvgIpc) is 2.94. The Kier molecular flexibility index (Phi) is 2.98. The lowest BCUT2D eigenvalue weighted by Gasteiger charge is -2.11. The number of benzene rings is 2. The standard InChI is InChI=1S/C18H13N3O2/c22-15-9-5-4-8-12(15)13-10-14-17(21-18(23)19-14)20-16(13)11-6-2-1-3-7-11/h1-10,22H,(H2,19,20,21,23). The lowest BCUT2D eigenvalue weighted by atomic mass is 9.98. The van der Waals surface area contributed by atoms with Crippen molar-refractivity contribution in [3.05, 3.63) is 71.1 Å². The van der Waals surface area contributed by atoms with Crippen LogP contribution < -0.4 is 5.69 Å². The van der Waals surface area contributed by atoms with E-state index in [9.17, 15) is 9.90 Å². The number of hydrogen-bond acceptors (Lipinski definition) is 3. The molecule has 0 bridgehead atoms. The molecule has 3 N–H and O–H groups in total. The van der Waals surface area contributed by atoms with E-state index in [-0.39, 0.29) is 11.4 Å². The lowest BCUT2D eigenvalue weighted by Crippen LogP contribution is -1.99. The maximum Gasteiger partial charge on any atom is 0.325 e. The topological polar surface area (TPSA) is 81.8 Å². The van der Waals surface area contributed by atoms with E-state index in [0.29, 0.717) is 22.4 Å². The van der Waals surface area contributed by atoms with Gasteiger partial charge in [0.2, 0.25) is 0 Å². The highest BCUT2D eigenvalue weighted by atomic mass is 16.3. The van der Waals surface area contributed by atoms with Crippen LogP contribution in [0.15, 0.2) is 65.5 Å². The fraction of sp³-hybridized carbons (Fsp3) is 0. The molecule has 0 spiro atoms. The highest BCUT2D eigenvalue weighted by molar-refractivity contribution is 5.90. The normalized spacial score (nSPS) is 11.0. The molecule has 0 atom stereocenters. The second-order valence-electron chi connectivity index (χ2n) is 5.24. The van der Waals surface area contributed by atoms with Gasteiger partial charge in [0.15, 0.2) is 5.65 Å². The smallest absolute Gasteiger partial charge is 0.325 e. The number of aromatic nitrogens is 3. The predicted molar refractivity (Wildman–Crippen MR) is 89.3 cm³/mol. The van der Waals surface area contributed by atoms with E-state index in [1.807, 2.05) is 48.5 Å². The van der Waals surface area contributed by atoms with E-state index in [0.717, 1.165) is 11.1 Å². The number of pyridine rings is 1. The van der Waals surface area contributed by atoms with Gasteiger partial charge in [0, 0.05) is 16.7 Å². The molecule has 2 aromatic carbocycles. The Hall–Kier alpha value is -3.34. The minimum atomic E-state index is -0.305. The summed E-state index contributed by atoms with van der Waals surface area (Å²) in [6, 6.07) is 18.6. The van der Waals surface area contributed by atoms with Crippen LogP contribution in [-0.4, -0.2) is 20.1 Å². The second-order valence-corrected chi connectivity index (χ2v) is 5.24. The fourth-order valence-corrected chi connectivity index (χ4v) is 2.69. The quantitative estimate of drug-likeness (QED) is 0.531. The molecule has 0 aliphatic rings. The number of aromatic amines is 2. The van der Waals surface area contributed by atoms with Gasteiger partial charge in [-0.05, 0) is 12.1 Å². The fourth-order valence-electron chi connectivity index (χ4n) is 2.69. The molecule has 0 radical (unpaired) electrons. The summed E-state index contributed by atoms with van der Waals surface area (Å²) >= 11 is 0. The first-order chi connectivity index (χ1) is 11.2. The molecule has 0 saturated heterocycles. The Balaban J connectivity index is 2.08. The second kappa shape index (κ2) is 5.14. The van der Waals surface area contributed by atoms with Crippen LogP contribution in [0.2, 0.25) is 0 Å². The number of nitrogens with zero attached hydrogens (tertiary/aromatic N) is 1. The maximum absolute atomic E-state index is 11.6. The molecule has 23 heavy (non-hydrogen) atoms. The first-order valence-electron chi connectivity index (χ1n) is 7.19. The van der Waals surface area contributed by atoms with Gasteiger partial charge in [-0.2, -0.15) is 0 Å². The number of para-hydroxylation sites is 1. The number of phenols is 1. The molecule has 2 heterocycles. The molecule has 5 heteroatoms. The van der Waals surface area contributed by atoms with E-state index >= 15 is 0 Å². The number of nitrogens with one attached hydrogen (secondary N) is 2. The predicted octanol–water partition coefficient (Wildman–Crippen LogP) is 3.29. The summed E-state index contributed by atoms with van der Waals surface area (Å²) in [5, 5.41) is 10.2. The number of aromatic hydroxyl groups is 1. The van der Waals surface area contributed by atoms with Gasteiger partial charge in [0.25, 0.3) is 0 Å². The van der Waals surface area contributed by atoms with Crippen molar-refractivity contribution in [3.8, 4) is 28.1 Å². The van der Waals surface area contributed by atoms with Gasteiger partial charge in [0.05, 0.1) is 11.2 Å². The van der Waals surface area contributed by atoms with Crippen LogP contribution >= 0.6 is 0 Å². The van der Waals surface area contributed by atoms with Gasteiger partial charge >= 0.3 is 5.69 Å². The molecule has 0 unspecified atom stereocenters. The minimum absolute atomic E-state index is 0.170. The number of imidazole rings is 1. The molecule has 0 fully saturated rings. The number of fused-ring (bicyclic) bond motifs is 1. The molecule has 4 aromatic rings. The Morgan fingerprint density at radius 3 is 2.39 bits per heavy atom. The van der Waals surface area contributed by atoms with Gasteiger partial charge in [-0.25, -0.2) is 9.78 Å². The Labute approximate surface area is 131 Å². The van der Waals surface area contributed by atoms with Crippen molar-refractivity contribution in [2.45, 2.75) is 0 Å². The van der Waals surface area contributed by atoms with Crippen LogP contribution in [-0.2, 0) is 0 Å². The number of rotatable bonds is 2. The third-order valence-corrected chi connectivity index (χ3v) is 3.74. The van der Waals surface area contributed by atoms with Crippen LogP contribution in [0.5, 0.6) is 5.75 Å². The van der Waals surface area contributed by atoms with Gasteiger partial charge in [-0.3, -0.25) is 4.98 Å². The van der Waals surface area contributed by atoms with E-state index in [1.54, 1.807) is 12.1 Å². The molecule has 0 amide bonds. The molecular weight excluding hydrogens is 290 g/mol. The molecule has 2 aromatic heterocycles. The van der Waals surface area contributed by atoms with Crippen LogP contribution in [0.3, 0.4) is 0 Å². The first-order valence-corrected chi connectivity index (χ1v) is 7.19. The zero-order valence-corrected chi connectivity index (χ0v) is 12.1. The Morgan fingerprint density at radius 1 is 0.870 bits per heavy atom. The molecule has 0 aliphatic heterocycles. The summed E-state index contributed by atoms with van der Waals surface area (Å²) in [6.45, 7) is 0. The molecule has 4 rings (SSSR count). The van der Waals surface area contributed by atoms with Crippen molar-refractivity contribution in [1.29, 1.82) is 0 Å². The van der Waals surface area contributed by atoms with Crippen molar-refractivity contribution >= 4 is 11.2 Å². The minimum Gasteiger partial charge on any atom is -0.507 e. The monoisotopic (exact) mass is 303 g/mol. The van der Waals surface area contributed by atoms with Crippen LogP contribution in [0.4, 0.5) is 0 Å². The van der Waals surface area contributed by atoms with Crippen LogP contribution in [0.25, 0.3) is 33.5 Å². The van der Waals surface area contributed by atoms with Gasteiger partial charge in [-0.1, -0.05) is 48.5 Å². The molecule has 5 nitrogen and oxygen atoms in total. The van der Waals surface area contributed by atoms with Crippen molar-refractivity contribution in [2.24, 2.45) is 0 Å². The van der Waals surface area contributed by atoms with Crippen LogP contribution in [0.1, 0.15) is 0 Å². The summed E-state index contributed by atoms with van der Waals surface area (Å²) in [6.07, 6.45) is 0. The third-order valence-electron chi connectivity index (χ3n) is 3.74. The zero-order chi connectivity index (χ0) is 15.8. The zero-order valence-electron chi connectivity index (χ0n) is 12.1. The Bertz CT molecular complexity index is 1050. The van der Waals surface area contributed by atoms with Crippen molar-refractivity contribution in [1.82, 2.24) is 15.0 Å². The highest BCUT2D eigenvalue weighted by Crippen LogP contribution is 2.36. The average molecular weight is 303 g/mol. The van der Waals surface area contributed by atoms with E-state index in [1.165, 1.54) is 0 Å². The Morgan fingerprint density at radius 2 is 1.61 bits per heavy atom. The molecular formula is C18H13N3O2. The van der Waals surface area contributed by atoms with Crippen molar-refractivity contribution in [2.75, 3.05) is 0 Å². The van der Waals surface area contributed by atoms with Crippen molar-refractivity contribution in [3.63, 3.8) is 0 Å². The summed E-state index contributed by atoms with van der Waals surface area (Å²) in [5.41, 5.74) is 3.84. The van der Waals surface area contributed by atoms with Gasteiger partial charge in [0.1, 0.15) is 5.75 Å². The molecule has 0 saturated carbocycles. The summed E-state index contributed by atoms with van der Waals surface area (Å²) in [4.78, 5) is 21.5. The van der Waals surface area contributed by atoms with E-state index < -0.39 is 0 Å². The number of phenolic OH excluding ortho intramolecular Hbond substituents is 1. The number of hydrogen-bond donors (Lipinski definition) is 3. The number of H-pyrrole nitrogens is 2. The van der Waals surface area contributed by atoms with Gasteiger partial charge < -0.3 is 10.1 Å². The third kappa shape index (κ3) is 2.28. The molecule has 112 valence electrons. The maximum atomic E-state index is 11.6. The molecule has 0 aliphatic carbocycles. The van der Waals surface area contributed by atoms with Crippen LogP contribution in [0, 0.1) is 0 Å².